The van der Waals surface area contributed by atoms with Crippen LogP contribution >= 0.6 is 70.5 Å². The molecule has 3 heterocycles. The van der Waals surface area contributed by atoms with Gasteiger partial charge in [-0.05, 0) is 47.8 Å². The van der Waals surface area contributed by atoms with Crippen molar-refractivity contribution in [2.75, 3.05) is 25.1 Å². The number of thiazole rings is 2. The van der Waals surface area contributed by atoms with Gasteiger partial charge in [0, 0.05) is 29.8 Å². The zero-order valence-corrected chi connectivity index (χ0v) is 17.9. The van der Waals surface area contributed by atoms with Crippen LogP contribution in [-0.4, -0.2) is 36.1 Å². The molecule has 1 aliphatic heterocycles. The van der Waals surface area contributed by atoms with Crippen LogP contribution in [0.2, 0.25) is 0 Å². The number of methoxy groups -OCH3 is 1. The lowest BCUT2D eigenvalue weighted by Gasteiger charge is -2.38. The van der Waals surface area contributed by atoms with Crippen molar-refractivity contribution in [1.82, 2.24) is 9.97 Å². The van der Waals surface area contributed by atoms with E-state index in [-0.39, 0.29) is 5.97 Å². The highest BCUT2D eigenvalue weighted by Crippen LogP contribution is 2.30. The Balaban J connectivity index is 0.000000211. The molecule has 3 rings (SSSR count). The van der Waals surface area contributed by atoms with Crippen molar-refractivity contribution < 1.29 is 9.53 Å². The Hall–Kier alpha value is -0.0300. The molecule has 1 aliphatic rings. The van der Waals surface area contributed by atoms with Gasteiger partial charge in [-0.15, -0.1) is 22.7 Å². The van der Waals surface area contributed by atoms with E-state index in [1.807, 2.05) is 10.8 Å². The van der Waals surface area contributed by atoms with Crippen molar-refractivity contribution in [2.45, 2.75) is 6.42 Å². The van der Waals surface area contributed by atoms with Crippen LogP contribution in [0.4, 0.5) is 5.13 Å². The number of rotatable bonds is 3. The molecule has 0 amide bonds. The molecular weight excluding hydrogens is 522 g/mol. The maximum atomic E-state index is 11.0. The van der Waals surface area contributed by atoms with E-state index in [4.69, 9.17) is 0 Å². The molecule has 2 aromatic heterocycles. The highest BCUT2D eigenvalue weighted by atomic mass is 79.9. The molecule has 1 fully saturated rings. The number of hydrogen-bond donors (Lipinski definition) is 0. The average molecular weight is 534 g/mol. The van der Waals surface area contributed by atoms with Crippen molar-refractivity contribution in [3.63, 3.8) is 0 Å². The Morgan fingerprint density at radius 1 is 1.27 bits per heavy atom. The van der Waals surface area contributed by atoms with E-state index in [9.17, 15) is 4.79 Å². The van der Waals surface area contributed by atoms with Gasteiger partial charge in [-0.25, -0.2) is 9.97 Å². The van der Waals surface area contributed by atoms with Crippen molar-refractivity contribution in [2.24, 2.45) is 5.92 Å². The fourth-order valence-corrected chi connectivity index (χ4v) is 4.75. The first kappa shape index (κ1) is 18.3. The van der Waals surface area contributed by atoms with E-state index < -0.39 is 0 Å². The molecule has 0 atom stereocenters. The minimum absolute atomic E-state index is 0.125. The maximum Gasteiger partial charge on any atom is 0.305 e. The number of carbonyl (C=O) groups is 1. The van der Waals surface area contributed by atoms with Gasteiger partial charge in [0.1, 0.15) is 9.21 Å². The fraction of sp³-hybridized carbons (Fsp3) is 0.417. The standard InChI is InChI=1S/C9H11BrN2O2S.C3HBr2NS/c1-14-8(13)2-6-3-12(4-6)9-11-7(10)5-15-9;4-2-1-7-3(5)6-2/h5-6H,2-4H2,1H3;1H. The number of halogens is 3. The van der Waals surface area contributed by atoms with Gasteiger partial charge < -0.3 is 9.64 Å². The predicted octanol–water partition coefficient (Wildman–Crippen LogP) is 4.57. The third kappa shape index (κ3) is 5.55. The first-order valence-electron chi connectivity index (χ1n) is 6.17. The molecule has 0 aliphatic carbocycles. The highest BCUT2D eigenvalue weighted by molar-refractivity contribution is 9.11. The Bertz CT molecular complexity index is 612. The molecule has 0 unspecified atom stereocenters. The van der Waals surface area contributed by atoms with Crippen LogP contribution in [0.25, 0.3) is 0 Å². The minimum atomic E-state index is -0.125. The number of nitrogens with zero attached hydrogens (tertiary/aromatic N) is 3. The van der Waals surface area contributed by atoms with E-state index in [0.29, 0.717) is 12.3 Å². The summed E-state index contributed by atoms with van der Waals surface area (Å²) in [6, 6.07) is 0. The lowest BCUT2D eigenvalue weighted by Crippen LogP contribution is -2.47. The van der Waals surface area contributed by atoms with Crippen LogP contribution in [0.15, 0.2) is 23.9 Å². The van der Waals surface area contributed by atoms with E-state index in [1.165, 1.54) is 7.11 Å². The summed E-state index contributed by atoms with van der Waals surface area (Å²) in [6.07, 6.45) is 0.513. The minimum Gasteiger partial charge on any atom is -0.469 e. The predicted molar refractivity (Wildman–Crippen MR) is 99.7 cm³/mol. The molecule has 0 saturated carbocycles. The zero-order valence-electron chi connectivity index (χ0n) is 11.5. The van der Waals surface area contributed by atoms with E-state index in [1.54, 1.807) is 22.7 Å². The molecular formula is C12H12Br3N3O2S2. The molecule has 2 aromatic rings. The fourth-order valence-electron chi connectivity index (χ4n) is 1.80. The average Bonchev–Trinajstić information content (AvgIpc) is 3.02. The smallest absolute Gasteiger partial charge is 0.305 e. The Morgan fingerprint density at radius 2 is 1.91 bits per heavy atom. The molecule has 5 nitrogen and oxygen atoms in total. The van der Waals surface area contributed by atoms with Gasteiger partial charge in [0.05, 0.1) is 13.5 Å². The number of ether oxygens (including phenoxy) is 1. The summed E-state index contributed by atoms with van der Waals surface area (Å²) in [4.78, 5) is 21.4. The van der Waals surface area contributed by atoms with Gasteiger partial charge >= 0.3 is 5.97 Å². The van der Waals surface area contributed by atoms with Crippen molar-refractivity contribution in [3.05, 3.63) is 23.9 Å². The first-order chi connectivity index (χ1) is 10.5. The van der Waals surface area contributed by atoms with E-state index in [2.05, 4.69) is 67.4 Å². The number of aromatic nitrogens is 2. The molecule has 10 heteroatoms. The largest absolute Gasteiger partial charge is 0.469 e. The molecule has 0 bridgehead atoms. The van der Waals surface area contributed by atoms with Gasteiger partial charge in [0.25, 0.3) is 0 Å². The maximum absolute atomic E-state index is 11.0. The van der Waals surface area contributed by atoms with Crippen LogP contribution in [0.3, 0.4) is 0 Å². The molecule has 0 aromatic carbocycles. The third-order valence-electron chi connectivity index (χ3n) is 2.82. The lowest BCUT2D eigenvalue weighted by atomic mass is 9.97. The molecule has 0 spiro atoms. The van der Waals surface area contributed by atoms with Crippen LogP contribution in [0.5, 0.6) is 0 Å². The molecule has 0 radical (unpaired) electrons. The van der Waals surface area contributed by atoms with Gasteiger partial charge in [-0.1, -0.05) is 0 Å². The van der Waals surface area contributed by atoms with Gasteiger partial charge in [-0.2, -0.15) is 0 Å². The first-order valence-corrected chi connectivity index (χ1v) is 10.3. The monoisotopic (exact) mass is 531 g/mol. The second kappa shape index (κ2) is 8.72. The number of carbonyl (C=O) groups excluding carboxylic acids is 1. The topological polar surface area (TPSA) is 55.3 Å². The molecule has 1 saturated heterocycles. The molecule has 0 N–H and O–H groups in total. The van der Waals surface area contributed by atoms with Crippen molar-refractivity contribution >= 4 is 81.6 Å². The van der Waals surface area contributed by atoms with E-state index in [0.717, 1.165) is 31.3 Å². The van der Waals surface area contributed by atoms with Crippen LogP contribution in [0, 0.1) is 5.92 Å². The zero-order chi connectivity index (χ0) is 16.1. The Labute approximate surface area is 161 Å². The number of anilines is 1. The summed E-state index contributed by atoms with van der Waals surface area (Å²) in [7, 11) is 1.43. The number of hydrogen-bond acceptors (Lipinski definition) is 7. The Kier molecular flexibility index (Phi) is 7.26. The van der Waals surface area contributed by atoms with Gasteiger partial charge in [-0.3, -0.25) is 4.79 Å². The van der Waals surface area contributed by atoms with Gasteiger partial charge in [0.2, 0.25) is 0 Å². The van der Waals surface area contributed by atoms with Gasteiger partial charge in [0.15, 0.2) is 9.05 Å². The van der Waals surface area contributed by atoms with Crippen molar-refractivity contribution in [1.29, 1.82) is 0 Å². The summed E-state index contributed by atoms with van der Waals surface area (Å²) < 4.78 is 7.31. The second-order valence-electron chi connectivity index (χ2n) is 4.43. The summed E-state index contributed by atoms with van der Waals surface area (Å²) in [5.74, 6) is 0.292. The van der Waals surface area contributed by atoms with E-state index >= 15 is 0 Å². The SMILES string of the molecule is Brc1csc(Br)n1.COC(=O)CC1CN(c2nc(Br)cs2)C1. The Morgan fingerprint density at radius 3 is 2.32 bits per heavy atom. The lowest BCUT2D eigenvalue weighted by molar-refractivity contribution is -0.141. The quantitative estimate of drug-likeness (QED) is 0.541. The molecule has 22 heavy (non-hydrogen) atoms. The van der Waals surface area contributed by atoms with Crippen molar-refractivity contribution in [3.8, 4) is 0 Å². The molecule has 120 valence electrons. The van der Waals surface area contributed by atoms with Crippen LogP contribution in [0.1, 0.15) is 6.42 Å². The summed E-state index contributed by atoms with van der Waals surface area (Å²) >= 11 is 12.9. The summed E-state index contributed by atoms with van der Waals surface area (Å²) in [6.45, 7) is 1.80. The second-order valence-corrected chi connectivity index (χ2v) is 9.02. The summed E-state index contributed by atoms with van der Waals surface area (Å²) in [5.41, 5.74) is 0. The van der Waals surface area contributed by atoms with Crippen LogP contribution < -0.4 is 4.90 Å². The number of esters is 1. The van der Waals surface area contributed by atoms with Crippen LogP contribution in [-0.2, 0) is 9.53 Å². The highest BCUT2D eigenvalue weighted by Gasteiger charge is 2.30. The third-order valence-corrected chi connectivity index (χ3v) is 6.51. The summed E-state index contributed by atoms with van der Waals surface area (Å²) in [5, 5.41) is 4.90. The normalized spacial score (nSPS) is 14.1.